The Labute approximate surface area is 124 Å². The number of carbonyl (C=O) groups is 1. The lowest BCUT2D eigenvalue weighted by Gasteiger charge is -2.14. The van der Waals surface area contributed by atoms with Gasteiger partial charge in [0.05, 0.1) is 0 Å². The molecule has 5 nitrogen and oxygen atoms in total. The van der Waals surface area contributed by atoms with Crippen LogP contribution in [0.25, 0.3) is 11.0 Å². The van der Waals surface area contributed by atoms with Crippen molar-refractivity contribution in [3.8, 4) is 0 Å². The maximum Gasteiger partial charge on any atom is 0.287 e. The summed E-state index contributed by atoms with van der Waals surface area (Å²) in [6.07, 6.45) is 2.72. The van der Waals surface area contributed by atoms with Crippen molar-refractivity contribution in [1.29, 1.82) is 0 Å². The normalized spacial score (nSPS) is 12.5. The first-order valence-electron chi connectivity index (χ1n) is 7.32. The number of hydrogen-bond acceptors (Lipinski definition) is 4. The smallest absolute Gasteiger partial charge is 0.287 e. The highest BCUT2D eigenvalue weighted by molar-refractivity contribution is 5.96. The molecule has 1 unspecified atom stereocenters. The summed E-state index contributed by atoms with van der Waals surface area (Å²) in [6, 6.07) is 6.97. The molecule has 1 aromatic carbocycles. The maximum absolute atomic E-state index is 12.1. The van der Waals surface area contributed by atoms with Crippen LogP contribution in [0.3, 0.4) is 0 Å². The molecular weight excluding hydrogens is 268 g/mol. The zero-order valence-corrected chi connectivity index (χ0v) is 12.3. The van der Waals surface area contributed by atoms with Crippen LogP contribution in [0.5, 0.6) is 0 Å². The Bertz CT molecular complexity index is 601. The summed E-state index contributed by atoms with van der Waals surface area (Å²) in [5.74, 6) is 0.350. The van der Waals surface area contributed by atoms with Crippen LogP contribution in [0, 0.1) is 5.92 Å². The predicted octanol–water partition coefficient (Wildman–Crippen LogP) is 2.54. The third kappa shape index (κ3) is 3.98. The fourth-order valence-electron chi connectivity index (χ4n) is 2.44. The van der Waals surface area contributed by atoms with E-state index >= 15 is 0 Å². The third-order valence-corrected chi connectivity index (χ3v) is 3.55. The summed E-state index contributed by atoms with van der Waals surface area (Å²) < 4.78 is 5.52. The summed E-state index contributed by atoms with van der Waals surface area (Å²) in [7, 11) is 0. The Hall–Kier alpha value is -2.01. The molecule has 0 radical (unpaired) electrons. The van der Waals surface area contributed by atoms with Gasteiger partial charge in [0.1, 0.15) is 5.58 Å². The number of nitrogens with two attached hydrogens (primary N) is 1. The van der Waals surface area contributed by atoms with E-state index in [1.165, 1.54) is 0 Å². The van der Waals surface area contributed by atoms with Crippen LogP contribution in [-0.4, -0.2) is 24.2 Å². The first kappa shape index (κ1) is 15.4. The molecule has 1 atom stereocenters. The zero-order valence-electron chi connectivity index (χ0n) is 12.3. The summed E-state index contributed by atoms with van der Waals surface area (Å²) in [6.45, 7) is 2.78. The molecule has 2 rings (SSSR count). The number of nitrogen functional groups attached to an aromatic ring is 1. The fraction of sp³-hybridized carbons (Fsp3) is 0.438. The topological polar surface area (TPSA) is 88.5 Å². The van der Waals surface area contributed by atoms with E-state index in [0.29, 0.717) is 30.2 Å². The second-order valence-corrected chi connectivity index (χ2v) is 5.28. The Morgan fingerprint density at radius 2 is 2.19 bits per heavy atom. The van der Waals surface area contributed by atoms with Crippen molar-refractivity contribution in [2.24, 2.45) is 5.92 Å². The summed E-state index contributed by atoms with van der Waals surface area (Å²) >= 11 is 0. The number of furan rings is 1. The predicted molar refractivity (Wildman–Crippen MR) is 83.1 cm³/mol. The number of benzene rings is 1. The maximum atomic E-state index is 12.1. The van der Waals surface area contributed by atoms with Gasteiger partial charge in [-0.05, 0) is 43.0 Å². The number of nitrogens with one attached hydrogen (secondary N) is 1. The molecule has 0 aliphatic heterocycles. The number of aliphatic hydroxyl groups is 1. The molecule has 0 aliphatic rings. The van der Waals surface area contributed by atoms with Crippen LogP contribution in [0.4, 0.5) is 5.69 Å². The van der Waals surface area contributed by atoms with Crippen LogP contribution in [0.15, 0.2) is 28.7 Å². The van der Waals surface area contributed by atoms with Crippen molar-refractivity contribution in [3.05, 3.63) is 30.0 Å². The third-order valence-electron chi connectivity index (χ3n) is 3.55. The Morgan fingerprint density at radius 3 is 2.90 bits per heavy atom. The molecule has 4 N–H and O–H groups in total. The summed E-state index contributed by atoms with van der Waals surface area (Å²) in [5, 5.41) is 12.7. The first-order chi connectivity index (χ1) is 10.1. The van der Waals surface area contributed by atoms with E-state index in [-0.39, 0.29) is 18.3 Å². The van der Waals surface area contributed by atoms with Gasteiger partial charge in [-0.2, -0.15) is 0 Å². The van der Waals surface area contributed by atoms with Crippen molar-refractivity contribution in [3.63, 3.8) is 0 Å². The number of amides is 1. The van der Waals surface area contributed by atoms with Crippen molar-refractivity contribution in [1.82, 2.24) is 5.32 Å². The van der Waals surface area contributed by atoms with Gasteiger partial charge in [-0.1, -0.05) is 13.3 Å². The highest BCUT2D eigenvalue weighted by atomic mass is 16.3. The molecule has 21 heavy (non-hydrogen) atoms. The molecule has 0 spiro atoms. The van der Waals surface area contributed by atoms with Gasteiger partial charge < -0.3 is 20.6 Å². The lowest BCUT2D eigenvalue weighted by Crippen LogP contribution is -2.29. The zero-order chi connectivity index (χ0) is 15.2. The molecule has 0 bridgehead atoms. The van der Waals surface area contributed by atoms with Gasteiger partial charge >= 0.3 is 0 Å². The standard InChI is InChI=1S/C16H22N2O3/c1-2-3-11(6-7-19)10-18-16(20)15-9-12-8-13(17)4-5-14(12)21-15/h4-5,8-9,11,19H,2-3,6-7,10,17H2,1H3,(H,18,20). The minimum Gasteiger partial charge on any atom is -0.451 e. The molecule has 114 valence electrons. The minimum atomic E-state index is -0.233. The van der Waals surface area contributed by atoms with E-state index in [1.807, 2.05) is 0 Å². The molecule has 1 amide bonds. The van der Waals surface area contributed by atoms with Crippen molar-refractivity contribution in [2.75, 3.05) is 18.9 Å². The van der Waals surface area contributed by atoms with Gasteiger partial charge in [-0.15, -0.1) is 0 Å². The number of carbonyl (C=O) groups excluding carboxylic acids is 1. The fourth-order valence-corrected chi connectivity index (χ4v) is 2.44. The quantitative estimate of drug-likeness (QED) is 0.684. The molecule has 0 saturated heterocycles. The van der Waals surface area contributed by atoms with E-state index in [2.05, 4.69) is 12.2 Å². The van der Waals surface area contributed by atoms with E-state index < -0.39 is 0 Å². The summed E-state index contributed by atoms with van der Waals surface area (Å²) in [5.41, 5.74) is 7.00. The summed E-state index contributed by atoms with van der Waals surface area (Å²) in [4.78, 5) is 12.1. The largest absolute Gasteiger partial charge is 0.451 e. The Balaban J connectivity index is 2.01. The molecule has 1 heterocycles. The van der Waals surface area contributed by atoms with Crippen molar-refractivity contribution in [2.45, 2.75) is 26.2 Å². The van der Waals surface area contributed by atoms with Crippen LogP contribution < -0.4 is 11.1 Å². The SMILES string of the molecule is CCCC(CCO)CNC(=O)c1cc2cc(N)ccc2o1. The van der Waals surface area contributed by atoms with Gasteiger partial charge in [0.15, 0.2) is 5.76 Å². The van der Waals surface area contributed by atoms with E-state index in [4.69, 9.17) is 15.3 Å². The highest BCUT2D eigenvalue weighted by Crippen LogP contribution is 2.21. The molecule has 2 aromatic rings. The second kappa shape index (κ2) is 7.13. The Kier molecular flexibility index (Phi) is 5.22. The molecule has 0 aliphatic carbocycles. The molecule has 0 saturated carbocycles. The average molecular weight is 290 g/mol. The van der Waals surface area contributed by atoms with Gasteiger partial charge in [0.2, 0.25) is 0 Å². The molecule has 5 heteroatoms. The van der Waals surface area contributed by atoms with E-state index in [9.17, 15) is 4.79 Å². The molecule has 0 fully saturated rings. The van der Waals surface area contributed by atoms with Gasteiger partial charge in [-0.3, -0.25) is 4.79 Å². The van der Waals surface area contributed by atoms with Crippen molar-refractivity contribution < 1.29 is 14.3 Å². The lowest BCUT2D eigenvalue weighted by atomic mass is 10.0. The molecular formula is C16H22N2O3. The number of rotatable bonds is 7. The van der Waals surface area contributed by atoms with E-state index in [1.54, 1.807) is 24.3 Å². The van der Waals surface area contributed by atoms with Crippen LogP contribution in [0.2, 0.25) is 0 Å². The minimum absolute atomic E-state index is 0.143. The first-order valence-corrected chi connectivity index (χ1v) is 7.32. The molecule has 1 aromatic heterocycles. The van der Waals surface area contributed by atoms with Gasteiger partial charge in [0, 0.05) is 24.2 Å². The Morgan fingerprint density at radius 1 is 1.38 bits per heavy atom. The number of aliphatic hydroxyl groups excluding tert-OH is 1. The average Bonchev–Trinajstić information content (AvgIpc) is 2.88. The number of fused-ring (bicyclic) bond motifs is 1. The van der Waals surface area contributed by atoms with Crippen LogP contribution in [-0.2, 0) is 0 Å². The van der Waals surface area contributed by atoms with Gasteiger partial charge in [-0.25, -0.2) is 0 Å². The number of anilines is 1. The van der Waals surface area contributed by atoms with Crippen LogP contribution >= 0.6 is 0 Å². The number of hydrogen-bond donors (Lipinski definition) is 3. The van der Waals surface area contributed by atoms with Crippen LogP contribution in [0.1, 0.15) is 36.7 Å². The highest BCUT2D eigenvalue weighted by Gasteiger charge is 2.14. The van der Waals surface area contributed by atoms with E-state index in [0.717, 1.165) is 18.2 Å². The monoisotopic (exact) mass is 290 g/mol. The second-order valence-electron chi connectivity index (χ2n) is 5.28. The lowest BCUT2D eigenvalue weighted by molar-refractivity contribution is 0.0917. The van der Waals surface area contributed by atoms with Gasteiger partial charge in [0.25, 0.3) is 5.91 Å². The van der Waals surface area contributed by atoms with Crippen molar-refractivity contribution >= 4 is 22.6 Å².